The van der Waals surface area contributed by atoms with E-state index in [1.807, 2.05) is 66.7 Å². The van der Waals surface area contributed by atoms with Gasteiger partial charge < -0.3 is 9.80 Å². The summed E-state index contributed by atoms with van der Waals surface area (Å²) >= 11 is 0. The van der Waals surface area contributed by atoms with Crippen molar-refractivity contribution in [3.63, 3.8) is 0 Å². The highest BCUT2D eigenvalue weighted by molar-refractivity contribution is 6.88. The van der Waals surface area contributed by atoms with Gasteiger partial charge in [-0.3, -0.25) is 0 Å². The molecule has 0 saturated heterocycles. The van der Waals surface area contributed by atoms with Crippen molar-refractivity contribution < 1.29 is 4.39 Å². The van der Waals surface area contributed by atoms with Crippen molar-refractivity contribution in [2.45, 2.75) is 38.9 Å². The second kappa shape index (κ2) is 15.7. The van der Waals surface area contributed by atoms with Gasteiger partial charge in [-0.05, 0) is 132 Å². The fourth-order valence-electron chi connectivity index (χ4n) is 11.6. The Morgan fingerprint density at radius 2 is 0.914 bits per heavy atom. The molecular formula is C66H51FN2Si. The highest BCUT2D eigenvalue weighted by atomic mass is 28.3. The van der Waals surface area contributed by atoms with Gasteiger partial charge in [-0.15, -0.1) is 0 Å². The number of rotatable bonds is 9. The topological polar surface area (TPSA) is 6.48 Å². The molecule has 0 saturated carbocycles. The molecular weight excluding hydrogens is 868 g/mol. The van der Waals surface area contributed by atoms with E-state index in [0.29, 0.717) is 5.69 Å². The SMILES string of the molecule is CC1(C)c2cccc3ccc4cc(N(c5ccc([Si](C)(C)C)cc5)c5ccc6ccc7c(N(c8ccccc8)c8c(F)cc(-c9ccccc9)cc8-c8ccccc8)ccc8ccc5c6c87)cc1c4c23. The van der Waals surface area contributed by atoms with Crippen LogP contribution in [0.5, 0.6) is 0 Å². The van der Waals surface area contributed by atoms with Crippen LogP contribution in [-0.4, -0.2) is 8.07 Å². The van der Waals surface area contributed by atoms with Gasteiger partial charge in [0.15, 0.2) is 0 Å². The van der Waals surface area contributed by atoms with Crippen LogP contribution in [0.3, 0.4) is 0 Å². The number of anilines is 6. The molecule has 4 heteroatoms. The molecule has 336 valence electrons. The molecule has 0 amide bonds. The Labute approximate surface area is 409 Å². The van der Waals surface area contributed by atoms with Gasteiger partial charge in [0.05, 0.1) is 25.1 Å². The van der Waals surface area contributed by atoms with Crippen LogP contribution in [0.4, 0.5) is 38.5 Å². The summed E-state index contributed by atoms with van der Waals surface area (Å²) in [5.74, 6) is -0.293. The molecule has 0 bridgehead atoms. The summed E-state index contributed by atoms with van der Waals surface area (Å²) in [7, 11) is -1.58. The second-order valence-corrected chi connectivity index (χ2v) is 25.7. The Morgan fingerprint density at radius 1 is 0.386 bits per heavy atom. The quantitative estimate of drug-likeness (QED) is 0.105. The molecule has 0 fully saturated rings. The summed E-state index contributed by atoms with van der Waals surface area (Å²) in [4.78, 5) is 4.63. The van der Waals surface area contributed by atoms with Crippen molar-refractivity contribution in [2.75, 3.05) is 9.80 Å². The van der Waals surface area contributed by atoms with Gasteiger partial charge in [0.25, 0.3) is 0 Å². The largest absolute Gasteiger partial charge is 0.310 e. The summed E-state index contributed by atoms with van der Waals surface area (Å²) < 4.78 is 17.7. The maximum atomic E-state index is 17.7. The van der Waals surface area contributed by atoms with Crippen LogP contribution in [0.25, 0.3) is 76.1 Å². The average Bonchev–Trinajstić information content (AvgIpc) is 3.62. The highest BCUT2D eigenvalue weighted by Gasteiger charge is 2.35. The van der Waals surface area contributed by atoms with E-state index in [2.05, 4.69) is 189 Å². The zero-order valence-corrected chi connectivity index (χ0v) is 41.1. The normalized spacial score (nSPS) is 13.1. The molecule has 2 nitrogen and oxygen atoms in total. The average molecular weight is 919 g/mol. The van der Waals surface area contributed by atoms with E-state index in [-0.39, 0.29) is 11.2 Å². The molecule has 70 heavy (non-hydrogen) atoms. The molecule has 0 radical (unpaired) electrons. The Kier molecular flexibility index (Phi) is 9.46. The maximum Gasteiger partial charge on any atom is 0.148 e. The minimum absolute atomic E-state index is 0.170. The standard InChI is InChI=1S/C66H51FN2Si/c1-66(2)56-23-15-20-44-24-25-47-38-51(41-57(66)64(47)63(44)56)68(50-30-32-52(33-31-50)70(3,4)5)59-36-28-45-27-35-54-60(37-29-46-26-34-53(59)61(45)62(46)54)69(49-21-13-8-14-22-49)65-55(43-18-11-7-12-19-43)39-48(40-58(65)67)42-16-9-6-10-17-42/h6-41H,1-5H3. The van der Waals surface area contributed by atoms with Gasteiger partial charge in [0, 0.05) is 38.8 Å². The number of para-hydroxylation sites is 1. The third kappa shape index (κ3) is 6.50. The number of nitrogens with zero attached hydrogens (tertiary/aromatic N) is 2. The molecule has 0 aliphatic heterocycles. The fourth-order valence-corrected chi connectivity index (χ4v) is 12.8. The highest BCUT2D eigenvalue weighted by Crippen LogP contribution is 2.53. The van der Waals surface area contributed by atoms with Gasteiger partial charge >= 0.3 is 0 Å². The maximum absolute atomic E-state index is 17.7. The summed E-state index contributed by atoms with van der Waals surface area (Å²) in [5, 5.41) is 13.6. The van der Waals surface area contributed by atoms with Crippen LogP contribution < -0.4 is 15.0 Å². The minimum Gasteiger partial charge on any atom is -0.310 e. The lowest BCUT2D eigenvalue weighted by Gasteiger charge is -2.31. The first-order valence-electron chi connectivity index (χ1n) is 24.4. The van der Waals surface area contributed by atoms with E-state index in [1.54, 1.807) is 6.07 Å². The summed E-state index contributed by atoms with van der Waals surface area (Å²) in [6, 6.07) is 78.1. The van der Waals surface area contributed by atoms with E-state index in [9.17, 15) is 0 Å². The third-order valence-electron chi connectivity index (χ3n) is 15.1. The Hall–Kier alpha value is -8.05. The predicted molar refractivity (Wildman–Crippen MR) is 300 cm³/mol. The Balaban J connectivity index is 1.06. The number of benzene rings is 12. The molecule has 1 aliphatic rings. The van der Waals surface area contributed by atoms with Crippen LogP contribution in [0.1, 0.15) is 25.0 Å². The molecule has 0 N–H and O–H groups in total. The first-order valence-corrected chi connectivity index (χ1v) is 27.9. The lowest BCUT2D eigenvalue weighted by molar-refractivity contribution is 0.630. The first-order chi connectivity index (χ1) is 34.0. The number of hydrogen-bond donors (Lipinski definition) is 0. The smallest absolute Gasteiger partial charge is 0.148 e. The zero-order valence-electron chi connectivity index (χ0n) is 40.1. The fraction of sp³-hybridized carbons (Fsp3) is 0.0909. The van der Waals surface area contributed by atoms with Gasteiger partial charge in [-0.2, -0.15) is 0 Å². The van der Waals surface area contributed by atoms with E-state index >= 15 is 4.39 Å². The third-order valence-corrected chi connectivity index (χ3v) is 17.2. The van der Waals surface area contributed by atoms with Crippen LogP contribution >= 0.6 is 0 Å². The monoisotopic (exact) mass is 918 g/mol. The van der Waals surface area contributed by atoms with E-state index in [1.165, 1.54) is 43.2 Å². The lowest BCUT2D eigenvalue weighted by Crippen LogP contribution is -2.37. The van der Waals surface area contributed by atoms with Crippen LogP contribution in [0.2, 0.25) is 19.6 Å². The van der Waals surface area contributed by atoms with E-state index in [0.717, 1.165) is 77.6 Å². The Morgan fingerprint density at radius 3 is 1.56 bits per heavy atom. The molecule has 0 heterocycles. The van der Waals surface area contributed by atoms with Crippen LogP contribution in [0.15, 0.2) is 218 Å². The van der Waals surface area contributed by atoms with E-state index in [4.69, 9.17) is 0 Å². The molecule has 0 unspecified atom stereocenters. The van der Waals surface area contributed by atoms with Crippen molar-refractivity contribution in [1.82, 2.24) is 0 Å². The molecule has 12 aromatic carbocycles. The van der Waals surface area contributed by atoms with Gasteiger partial charge in [-0.1, -0.05) is 196 Å². The number of halogens is 1. The van der Waals surface area contributed by atoms with Gasteiger partial charge in [-0.25, -0.2) is 4.39 Å². The lowest BCUT2D eigenvalue weighted by atomic mass is 9.81. The second-order valence-electron chi connectivity index (χ2n) is 20.7. The van der Waals surface area contributed by atoms with Crippen molar-refractivity contribution in [1.29, 1.82) is 0 Å². The van der Waals surface area contributed by atoms with Gasteiger partial charge in [0.2, 0.25) is 0 Å². The van der Waals surface area contributed by atoms with Crippen molar-refractivity contribution in [3.05, 3.63) is 235 Å². The van der Waals surface area contributed by atoms with Crippen molar-refractivity contribution in [2.24, 2.45) is 0 Å². The minimum atomic E-state index is -1.58. The van der Waals surface area contributed by atoms with Gasteiger partial charge in [0.1, 0.15) is 5.82 Å². The van der Waals surface area contributed by atoms with Crippen molar-refractivity contribution >= 4 is 101 Å². The van der Waals surface area contributed by atoms with E-state index < -0.39 is 8.07 Å². The molecule has 1 aliphatic carbocycles. The molecule has 12 aromatic rings. The number of hydrogen-bond acceptors (Lipinski definition) is 2. The van der Waals surface area contributed by atoms with Crippen molar-refractivity contribution in [3.8, 4) is 22.3 Å². The Bertz CT molecular complexity index is 4010. The summed E-state index contributed by atoms with van der Waals surface area (Å²) in [5.41, 5.74) is 11.8. The van der Waals surface area contributed by atoms with Crippen LogP contribution in [-0.2, 0) is 5.41 Å². The first kappa shape index (κ1) is 42.1. The summed E-state index contributed by atoms with van der Waals surface area (Å²) in [6.45, 7) is 12.0. The molecule has 0 atom stereocenters. The predicted octanol–water partition coefficient (Wildman–Crippen LogP) is 18.5. The van der Waals surface area contributed by atoms with Crippen LogP contribution in [0, 0.1) is 5.82 Å². The molecule has 0 aromatic heterocycles. The summed E-state index contributed by atoms with van der Waals surface area (Å²) in [6.07, 6.45) is 0. The molecule has 0 spiro atoms. The zero-order chi connectivity index (χ0) is 47.5. The molecule has 13 rings (SSSR count).